The van der Waals surface area contributed by atoms with E-state index in [2.05, 4.69) is 4.79 Å². The average molecular weight is 248 g/mol. The summed E-state index contributed by atoms with van der Waals surface area (Å²) in [7, 11) is -1.96. The Hall–Kier alpha value is -1.71. The van der Waals surface area contributed by atoms with E-state index < -0.39 is 14.0 Å². The lowest BCUT2D eigenvalue weighted by Gasteiger charge is -2.09. The van der Waals surface area contributed by atoms with Crippen molar-refractivity contribution < 1.29 is 14.3 Å². The van der Waals surface area contributed by atoms with Crippen LogP contribution in [0, 0.1) is 0 Å². The van der Waals surface area contributed by atoms with Crippen LogP contribution < -0.4 is 0 Å². The van der Waals surface area contributed by atoms with Gasteiger partial charge in [-0.25, -0.2) is 4.79 Å². The maximum Gasteiger partial charge on any atom is 0.410 e. The summed E-state index contributed by atoms with van der Waals surface area (Å²) in [6.07, 6.45) is 0. The van der Waals surface area contributed by atoms with E-state index in [1.54, 1.807) is 0 Å². The molecule has 17 heavy (non-hydrogen) atoms. The molecule has 0 radical (unpaired) electrons. The minimum Gasteiger partial charge on any atom is -0.453 e. The van der Waals surface area contributed by atoms with Crippen molar-refractivity contribution in [2.45, 2.75) is 26.2 Å². The van der Waals surface area contributed by atoms with E-state index in [9.17, 15) is 4.79 Å². The molecule has 0 saturated heterocycles. The first kappa shape index (κ1) is 13.4. The SMILES string of the molecule is C[Si](C)(C)C(=[N+]=[N-])C(=O)OCc1ccccc1. The monoisotopic (exact) mass is 248 g/mol. The number of ether oxygens (including phenoxy) is 1. The second-order valence-electron chi connectivity index (χ2n) is 4.76. The summed E-state index contributed by atoms with van der Waals surface area (Å²) in [6.45, 7) is 5.96. The number of nitrogens with zero attached hydrogens (tertiary/aromatic N) is 2. The number of esters is 1. The molecule has 5 heteroatoms. The van der Waals surface area contributed by atoms with Crippen LogP contribution in [0.4, 0.5) is 0 Å². The quantitative estimate of drug-likeness (QED) is 0.270. The molecule has 0 aliphatic carbocycles. The lowest BCUT2D eigenvalue weighted by atomic mass is 10.2. The Morgan fingerprint density at radius 1 is 1.29 bits per heavy atom. The lowest BCUT2D eigenvalue weighted by Crippen LogP contribution is -2.41. The van der Waals surface area contributed by atoms with Gasteiger partial charge in [-0.1, -0.05) is 50.0 Å². The van der Waals surface area contributed by atoms with Gasteiger partial charge in [0.15, 0.2) is 8.07 Å². The zero-order valence-electron chi connectivity index (χ0n) is 10.3. The predicted molar refractivity (Wildman–Crippen MR) is 68.2 cm³/mol. The van der Waals surface area contributed by atoms with Crippen LogP contribution in [-0.4, -0.2) is 24.2 Å². The average Bonchev–Trinajstić information content (AvgIpc) is 2.27. The molecule has 0 saturated carbocycles. The zero-order chi connectivity index (χ0) is 12.9. The Kier molecular flexibility index (Phi) is 4.37. The van der Waals surface area contributed by atoms with E-state index in [0.717, 1.165) is 5.56 Å². The van der Waals surface area contributed by atoms with Gasteiger partial charge in [-0.05, 0) is 5.56 Å². The van der Waals surface area contributed by atoms with Gasteiger partial charge in [0, 0.05) is 0 Å². The first-order valence-electron chi connectivity index (χ1n) is 5.38. The summed E-state index contributed by atoms with van der Waals surface area (Å²) in [5.41, 5.74) is 9.76. The molecule has 0 aliphatic heterocycles. The molecule has 0 aliphatic rings. The third-order valence-corrected chi connectivity index (χ3v) is 3.94. The van der Waals surface area contributed by atoms with Crippen LogP contribution in [0.5, 0.6) is 0 Å². The van der Waals surface area contributed by atoms with Crippen molar-refractivity contribution in [3.63, 3.8) is 0 Å². The fourth-order valence-electron chi connectivity index (χ4n) is 1.29. The molecule has 1 aromatic rings. The smallest absolute Gasteiger partial charge is 0.410 e. The van der Waals surface area contributed by atoms with Gasteiger partial charge in [0.1, 0.15) is 6.61 Å². The summed E-state index contributed by atoms with van der Waals surface area (Å²) >= 11 is 0. The van der Waals surface area contributed by atoms with Crippen LogP contribution in [0.3, 0.4) is 0 Å². The Labute approximate surface area is 102 Å². The Morgan fingerprint density at radius 3 is 2.35 bits per heavy atom. The van der Waals surface area contributed by atoms with Crippen molar-refractivity contribution in [3.05, 3.63) is 41.4 Å². The summed E-state index contributed by atoms with van der Waals surface area (Å²) < 4.78 is 5.11. The van der Waals surface area contributed by atoms with Gasteiger partial charge in [-0.15, -0.1) is 0 Å². The molecule has 0 aromatic heterocycles. The minimum absolute atomic E-state index is 0.161. The molecular formula is C12H16N2O2Si. The number of carbonyl (C=O) groups is 1. The third-order valence-electron chi connectivity index (χ3n) is 2.22. The molecule has 0 spiro atoms. The normalized spacial score (nSPS) is 10.5. The van der Waals surface area contributed by atoms with Gasteiger partial charge in [-0.2, -0.15) is 4.79 Å². The second-order valence-corrected chi connectivity index (χ2v) is 9.73. The van der Waals surface area contributed by atoms with Crippen molar-refractivity contribution in [1.29, 1.82) is 0 Å². The highest BCUT2D eigenvalue weighted by Gasteiger charge is 2.38. The van der Waals surface area contributed by atoms with E-state index >= 15 is 0 Å². The highest BCUT2D eigenvalue weighted by atomic mass is 28.3. The van der Waals surface area contributed by atoms with E-state index in [1.807, 2.05) is 50.0 Å². The number of benzene rings is 1. The molecule has 1 aromatic carbocycles. The summed E-state index contributed by atoms with van der Waals surface area (Å²) in [6, 6.07) is 9.40. The van der Waals surface area contributed by atoms with E-state index in [1.165, 1.54) is 0 Å². The van der Waals surface area contributed by atoms with Gasteiger partial charge >= 0.3 is 11.3 Å². The molecule has 0 unspecified atom stereocenters. The van der Waals surface area contributed by atoms with E-state index in [-0.39, 0.29) is 11.9 Å². The number of hydrogen-bond acceptors (Lipinski definition) is 2. The summed E-state index contributed by atoms with van der Waals surface area (Å²) in [5.74, 6) is -0.532. The summed E-state index contributed by atoms with van der Waals surface area (Å²) in [4.78, 5) is 14.8. The van der Waals surface area contributed by atoms with Crippen LogP contribution >= 0.6 is 0 Å². The van der Waals surface area contributed by atoms with E-state index in [4.69, 9.17) is 10.3 Å². The molecule has 0 bridgehead atoms. The lowest BCUT2D eigenvalue weighted by molar-refractivity contribution is -0.140. The summed E-state index contributed by atoms with van der Waals surface area (Å²) in [5, 5.41) is 0.161. The number of carbonyl (C=O) groups excluding carboxylic acids is 1. The van der Waals surface area contributed by atoms with E-state index in [0.29, 0.717) is 0 Å². The molecule has 0 N–H and O–H groups in total. The first-order chi connectivity index (χ1) is 7.95. The van der Waals surface area contributed by atoms with Crippen LogP contribution in [0.1, 0.15) is 5.56 Å². The van der Waals surface area contributed by atoms with Crippen molar-refractivity contribution in [2.24, 2.45) is 0 Å². The van der Waals surface area contributed by atoms with Crippen LogP contribution in [0.15, 0.2) is 30.3 Å². The zero-order valence-corrected chi connectivity index (χ0v) is 11.3. The van der Waals surface area contributed by atoms with Crippen molar-refractivity contribution in [1.82, 2.24) is 0 Å². The van der Waals surface area contributed by atoms with Crippen molar-refractivity contribution in [2.75, 3.05) is 0 Å². The molecule has 1 rings (SSSR count). The fourth-order valence-corrected chi connectivity index (χ4v) is 2.27. The molecule has 0 fully saturated rings. The van der Waals surface area contributed by atoms with Gasteiger partial charge in [-0.3, -0.25) is 0 Å². The largest absolute Gasteiger partial charge is 0.453 e. The molecule has 0 heterocycles. The van der Waals surface area contributed by atoms with Crippen molar-refractivity contribution in [3.8, 4) is 0 Å². The topological polar surface area (TPSA) is 62.7 Å². The van der Waals surface area contributed by atoms with Crippen LogP contribution in [-0.2, 0) is 16.1 Å². The Balaban J connectivity index is 2.65. The molecule has 0 amide bonds. The van der Waals surface area contributed by atoms with Crippen LogP contribution in [0.2, 0.25) is 19.6 Å². The fraction of sp³-hybridized carbons (Fsp3) is 0.333. The second kappa shape index (κ2) is 5.57. The maximum absolute atomic E-state index is 11.7. The minimum atomic E-state index is -1.96. The molecule has 0 atom stereocenters. The predicted octanol–water partition coefficient (Wildman–Crippen LogP) is 2.28. The molecule has 4 nitrogen and oxygen atoms in total. The highest BCUT2D eigenvalue weighted by molar-refractivity contribution is 7.11. The Bertz CT molecular complexity index is 445. The van der Waals surface area contributed by atoms with Gasteiger partial charge < -0.3 is 10.3 Å². The van der Waals surface area contributed by atoms with Crippen molar-refractivity contribution >= 4 is 19.4 Å². The number of rotatable bonds is 4. The first-order valence-corrected chi connectivity index (χ1v) is 8.88. The standard InChI is InChI=1S/C12H16N2O2Si/c1-17(2,3)11(14-13)12(15)16-9-10-7-5-4-6-8-10/h4-8H,9H2,1-3H3. The molecule has 90 valence electrons. The third kappa shape index (κ3) is 3.98. The highest BCUT2D eigenvalue weighted by Crippen LogP contribution is 2.06. The van der Waals surface area contributed by atoms with Gasteiger partial charge in [0.2, 0.25) is 0 Å². The van der Waals surface area contributed by atoms with Gasteiger partial charge in [0.05, 0.1) is 0 Å². The van der Waals surface area contributed by atoms with Gasteiger partial charge in [0.25, 0.3) is 0 Å². The molecular weight excluding hydrogens is 232 g/mol. The maximum atomic E-state index is 11.7. The number of hydrogen-bond donors (Lipinski definition) is 0. The Morgan fingerprint density at radius 2 is 1.88 bits per heavy atom. The van der Waals surface area contributed by atoms with Crippen LogP contribution in [0.25, 0.3) is 5.53 Å².